The summed E-state index contributed by atoms with van der Waals surface area (Å²) in [6.07, 6.45) is 0. The monoisotopic (exact) mass is 387 g/mol. The summed E-state index contributed by atoms with van der Waals surface area (Å²) in [5.41, 5.74) is 2.65. The number of amides is 2. The number of nitrogens with zero attached hydrogens (tertiary/aromatic N) is 1. The van der Waals surface area contributed by atoms with Gasteiger partial charge >= 0.3 is 0 Å². The van der Waals surface area contributed by atoms with Crippen LogP contribution in [0.2, 0.25) is 5.02 Å². The second kappa shape index (κ2) is 8.99. The number of anilines is 2. The van der Waals surface area contributed by atoms with Crippen LogP contribution in [0.5, 0.6) is 0 Å². The van der Waals surface area contributed by atoms with Gasteiger partial charge in [0.1, 0.15) is 0 Å². The van der Waals surface area contributed by atoms with E-state index in [-0.39, 0.29) is 11.8 Å². The quantitative estimate of drug-likeness (QED) is 0.826. The number of benzene rings is 2. The number of aryl methyl sites for hydroxylation is 1. The summed E-state index contributed by atoms with van der Waals surface area (Å²) in [7, 11) is 0. The summed E-state index contributed by atoms with van der Waals surface area (Å²) in [5, 5.41) is 6.15. The van der Waals surface area contributed by atoms with Crippen LogP contribution in [-0.4, -0.2) is 49.6 Å². The van der Waals surface area contributed by atoms with Crippen LogP contribution in [0, 0.1) is 6.92 Å². The molecule has 142 valence electrons. The smallest absolute Gasteiger partial charge is 0.257 e. The first-order valence-corrected chi connectivity index (χ1v) is 9.17. The molecule has 0 aliphatic carbocycles. The van der Waals surface area contributed by atoms with Gasteiger partial charge in [-0.25, -0.2) is 0 Å². The molecule has 1 heterocycles. The predicted molar refractivity (Wildman–Crippen MR) is 106 cm³/mol. The molecule has 2 aromatic rings. The van der Waals surface area contributed by atoms with E-state index in [4.69, 9.17) is 16.3 Å². The van der Waals surface area contributed by atoms with Gasteiger partial charge in [-0.2, -0.15) is 0 Å². The molecule has 2 amide bonds. The molecule has 2 aromatic carbocycles. The molecule has 1 fully saturated rings. The van der Waals surface area contributed by atoms with Crippen LogP contribution in [0.4, 0.5) is 11.4 Å². The second-order valence-electron chi connectivity index (χ2n) is 6.40. The Labute approximate surface area is 163 Å². The van der Waals surface area contributed by atoms with Crippen LogP contribution in [0.15, 0.2) is 42.5 Å². The largest absolute Gasteiger partial charge is 0.379 e. The molecule has 27 heavy (non-hydrogen) atoms. The predicted octanol–water partition coefficient (Wildman–Crippen LogP) is 3.17. The van der Waals surface area contributed by atoms with Crippen LogP contribution >= 0.6 is 11.6 Å². The second-order valence-corrected chi connectivity index (χ2v) is 6.81. The van der Waals surface area contributed by atoms with Crippen molar-refractivity contribution in [3.8, 4) is 0 Å². The number of nitrogens with one attached hydrogen (secondary N) is 2. The summed E-state index contributed by atoms with van der Waals surface area (Å²) in [6.45, 7) is 5.07. The molecule has 0 bridgehead atoms. The number of hydrogen-bond donors (Lipinski definition) is 2. The Bertz CT molecular complexity index is 835. The van der Waals surface area contributed by atoms with Gasteiger partial charge in [-0.1, -0.05) is 23.7 Å². The zero-order chi connectivity index (χ0) is 19.2. The summed E-state index contributed by atoms with van der Waals surface area (Å²) in [5.74, 6) is -0.336. The number of morpholine rings is 1. The van der Waals surface area contributed by atoms with Gasteiger partial charge in [0.2, 0.25) is 5.91 Å². The highest BCUT2D eigenvalue weighted by Gasteiger charge is 2.15. The molecule has 0 radical (unpaired) electrons. The van der Waals surface area contributed by atoms with Gasteiger partial charge in [-0.3, -0.25) is 14.5 Å². The Morgan fingerprint density at radius 3 is 2.56 bits per heavy atom. The van der Waals surface area contributed by atoms with E-state index in [1.165, 1.54) is 0 Å². The van der Waals surface area contributed by atoms with Crippen LogP contribution in [0.1, 0.15) is 15.9 Å². The molecular formula is C20H22ClN3O3. The molecule has 1 aliphatic heterocycles. The van der Waals surface area contributed by atoms with Crippen LogP contribution in [0.25, 0.3) is 0 Å². The minimum absolute atomic E-state index is 0.0622. The average molecular weight is 388 g/mol. The summed E-state index contributed by atoms with van der Waals surface area (Å²) >= 11 is 6.06. The number of ether oxygens (including phenoxy) is 1. The van der Waals surface area contributed by atoms with Crippen molar-refractivity contribution >= 4 is 34.8 Å². The highest BCUT2D eigenvalue weighted by atomic mass is 35.5. The minimum atomic E-state index is -0.274. The van der Waals surface area contributed by atoms with Gasteiger partial charge < -0.3 is 15.4 Å². The lowest BCUT2D eigenvalue weighted by Crippen LogP contribution is -2.41. The number of hydrogen-bond acceptors (Lipinski definition) is 4. The lowest BCUT2D eigenvalue weighted by atomic mass is 10.1. The van der Waals surface area contributed by atoms with Crippen molar-refractivity contribution in [2.24, 2.45) is 0 Å². The van der Waals surface area contributed by atoms with Crippen molar-refractivity contribution in [3.05, 3.63) is 58.6 Å². The van der Waals surface area contributed by atoms with Crippen LogP contribution < -0.4 is 10.6 Å². The molecule has 0 aromatic heterocycles. The van der Waals surface area contributed by atoms with E-state index in [1.807, 2.05) is 13.0 Å². The summed E-state index contributed by atoms with van der Waals surface area (Å²) < 4.78 is 5.29. The molecule has 3 rings (SSSR count). The molecule has 0 unspecified atom stereocenters. The van der Waals surface area contributed by atoms with Crippen molar-refractivity contribution in [1.82, 2.24) is 4.90 Å². The third kappa shape index (κ3) is 5.29. The zero-order valence-corrected chi connectivity index (χ0v) is 15.9. The van der Waals surface area contributed by atoms with E-state index >= 15 is 0 Å². The van der Waals surface area contributed by atoms with E-state index in [0.717, 1.165) is 24.3 Å². The molecular weight excluding hydrogens is 366 g/mol. The normalized spacial score (nSPS) is 14.6. The highest BCUT2D eigenvalue weighted by molar-refractivity contribution is 6.34. The maximum Gasteiger partial charge on any atom is 0.257 e. The lowest BCUT2D eigenvalue weighted by molar-refractivity contribution is -0.118. The van der Waals surface area contributed by atoms with Crippen molar-refractivity contribution in [2.45, 2.75) is 6.92 Å². The van der Waals surface area contributed by atoms with Gasteiger partial charge in [0.25, 0.3) is 5.91 Å². The minimum Gasteiger partial charge on any atom is -0.379 e. The molecule has 2 N–H and O–H groups in total. The van der Waals surface area contributed by atoms with E-state index in [2.05, 4.69) is 15.5 Å². The summed E-state index contributed by atoms with van der Waals surface area (Å²) in [4.78, 5) is 26.7. The number of rotatable bonds is 5. The molecule has 0 atom stereocenters. The first-order valence-electron chi connectivity index (χ1n) is 8.79. The van der Waals surface area contributed by atoms with Crippen molar-refractivity contribution in [2.75, 3.05) is 43.5 Å². The van der Waals surface area contributed by atoms with Gasteiger partial charge in [0.15, 0.2) is 0 Å². The van der Waals surface area contributed by atoms with E-state index < -0.39 is 0 Å². The third-order valence-electron chi connectivity index (χ3n) is 4.35. The van der Waals surface area contributed by atoms with Gasteiger partial charge in [-0.15, -0.1) is 0 Å². The fourth-order valence-corrected chi connectivity index (χ4v) is 3.10. The molecule has 0 saturated carbocycles. The van der Waals surface area contributed by atoms with E-state index in [9.17, 15) is 9.59 Å². The average Bonchev–Trinajstić information content (AvgIpc) is 2.65. The topological polar surface area (TPSA) is 70.7 Å². The Hall–Kier alpha value is -2.41. The fourth-order valence-electron chi connectivity index (χ4n) is 2.88. The maximum absolute atomic E-state index is 12.3. The number of carbonyl (C=O) groups is 2. The van der Waals surface area contributed by atoms with Crippen molar-refractivity contribution < 1.29 is 14.3 Å². The SMILES string of the molecule is Cc1cc(NC(=O)c2ccccc2Cl)ccc1NC(=O)CN1CCOCC1. The molecule has 0 spiro atoms. The zero-order valence-electron chi connectivity index (χ0n) is 15.1. The molecule has 6 nitrogen and oxygen atoms in total. The maximum atomic E-state index is 12.3. The Kier molecular flexibility index (Phi) is 6.45. The molecule has 7 heteroatoms. The van der Waals surface area contributed by atoms with Gasteiger partial charge in [0, 0.05) is 24.5 Å². The van der Waals surface area contributed by atoms with Crippen molar-refractivity contribution in [3.63, 3.8) is 0 Å². The Morgan fingerprint density at radius 1 is 1.11 bits per heavy atom. The van der Waals surface area contributed by atoms with Gasteiger partial charge in [0.05, 0.1) is 30.3 Å². The number of halogens is 1. The first kappa shape index (κ1) is 19.4. The number of carbonyl (C=O) groups excluding carboxylic acids is 2. The Balaban J connectivity index is 1.60. The first-order chi connectivity index (χ1) is 13.0. The van der Waals surface area contributed by atoms with Gasteiger partial charge in [-0.05, 0) is 42.8 Å². The Morgan fingerprint density at radius 2 is 1.85 bits per heavy atom. The third-order valence-corrected chi connectivity index (χ3v) is 4.68. The fraction of sp³-hybridized carbons (Fsp3) is 0.300. The van der Waals surface area contributed by atoms with E-state index in [0.29, 0.717) is 36.0 Å². The summed E-state index contributed by atoms with van der Waals surface area (Å²) in [6, 6.07) is 12.2. The molecule has 1 saturated heterocycles. The van der Waals surface area contributed by atoms with Crippen LogP contribution in [0.3, 0.4) is 0 Å². The van der Waals surface area contributed by atoms with Crippen molar-refractivity contribution in [1.29, 1.82) is 0 Å². The van der Waals surface area contributed by atoms with Crippen LogP contribution in [-0.2, 0) is 9.53 Å². The van der Waals surface area contributed by atoms with E-state index in [1.54, 1.807) is 36.4 Å². The molecule has 1 aliphatic rings. The standard InChI is InChI=1S/C20H22ClN3O3/c1-14-12-15(22-20(26)16-4-2-3-5-17(16)21)6-7-18(14)23-19(25)13-24-8-10-27-11-9-24/h2-7,12H,8-11,13H2,1H3,(H,22,26)(H,23,25). The highest BCUT2D eigenvalue weighted by Crippen LogP contribution is 2.22. The lowest BCUT2D eigenvalue weighted by Gasteiger charge is -2.25.